The number of likely N-dealkylation sites (N-methyl/N-ethyl adjacent to an activating group) is 1. The Morgan fingerprint density at radius 3 is 2.81 bits per heavy atom. The molecule has 10 nitrogen and oxygen atoms in total. The Labute approximate surface area is 251 Å². The van der Waals surface area contributed by atoms with Crippen LogP contribution in [-0.2, 0) is 6.54 Å². The Bertz CT molecular complexity index is 1790. The standard InChI is InChI=1S/C33H38N8O2/c1-22-20-39(15-14-38(22)3)16-17-43-26-12-13-40-30(19-34-31(40)18-26)33(42)36-28-8-5-9-29-32(28)23(2)37-41(29)21-25-6-4-7-27(35-25)24-10-11-24/h4-9,12-13,18-19,22,24H,10-11,14-17,20-21H2,1-3H3,(H,36,42)/t22-/m1/s1. The fourth-order valence-electron chi connectivity index (χ4n) is 6.02. The molecular formula is C33H38N8O2. The lowest BCUT2D eigenvalue weighted by Gasteiger charge is -2.37. The van der Waals surface area contributed by atoms with Crippen LogP contribution in [0, 0.1) is 6.92 Å². The number of benzene rings is 1. The van der Waals surface area contributed by atoms with Gasteiger partial charge in [0.2, 0.25) is 0 Å². The van der Waals surface area contributed by atoms with Gasteiger partial charge in [-0.3, -0.25) is 23.8 Å². The highest BCUT2D eigenvalue weighted by molar-refractivity contribution is 6.08. The normalized spacial score (nSPS) is 18.0. The number of hydrogen-bond acceptors (Lipinski definition) is 7. The van der Waals surface area contributed by atoms with Gasteiger partial charge in [0.25, 0.3) is 5.91 Å². The number of carbonyl (C=O) groups excluding carboxylic acids is 1. The van der Waals surface area contributed by atoms with Gasteiger partial charge >= 0.3 is 0 Å². The smallest absolute Gasteiger partial charge is 0.274 e. The molecule has 1 aliphatic carbocycles. The first-order valence-corrected chi connectivity index (χ1v) is 15.2. The van der Waals surface area contributed by atoms with Crippen LogP contribution in [0.25, 0.3) is 16.6 Å². The molecule has 10 heteroatoms. The van der Waals surface area contributed by atoms with Gasteiger partial charge in [-0.05, 0) is 64.1 Å². The van der Waals surface area contributed by atoms with E-state index in [0.29, 0.717) is 36.5 Å². The number of ether oxygens (including phenoxy) is 1. The average molecular weight is 579 g/mol. The van der Waals surface area contributed by atoms with E-state index in [4.69, 9.17) is 14.8 Å². The second-order valence-corrected chi connectivity index (χ2v) is 11.9. The first-order chi connectivity index (χ1) is 20.9. The summed E-state index contributed by atoms with van der Waals surface area (Å²) in [5, 5.41) is 8.85. The van der Waals surface area contributed by atoms with E-state index in [2.05, 4.69) is 52.3 Å². The van der Waals surface area contributed by atoms with Gasteiger partial charge in [0.1, 0.15) is 23.7 Å². The molecule has 1 saturated heterocycles. The fourth-order valence-corrected chi connectivity index (χ4v) is 6.02. The number of hydrogen-bond donors (Lipinski definition) is 1. The van der Waals surface area contributed by atoms with Crippen molar-refractivity contribution in [2.75, 3.05) is 45.2 Å². The monoisotopic (exact) mass is 578 g/mol. The molecule has 1 aromatic carbocycles. The molecule has 1 atom stereocenters. The summed E-state index contributed by atoms with van der Waals surface area (Å²) in [7, 11) is 2.18. The molecule has 0 radical (unpaired) electrons. The summed E-state index contributed by atoms with van der Waals surface area (Å²) in [6.45, 7) is 9.50. The van der Waals surface area contributed by atoms with Crippen molar-refractivity contribution in [3.8, 4) is 5.75 Å². The van der Waals surface area contributed by atoms with E-state index in [-0.39, 0.29) is 5.91 Å². The number of anilines is 1. The topological polar surface area (TPSA) is 92.8 Å². The molecule has 4 aromatic heterocycles. The van der Waals surface area contributed by atoms with Crippen LogP contribution in [0.15, 0.2) is 60.9 Å². The van der Waals surface area contributed by atoms with Gasteiger partial charge in [0, 0.05) is 61.5 Å². The van der Waals surface area contributed by atoms with Crippen LogP contribution in [0.1, 0.15) is 53.3 Å². The first-order valence-electron chi connectivity index (χ1n) is 15.2. The predicted molar refractivity (Wildman–Crippen MR) is 167 cm³/mol. The quantitative estimate of drug-likeness (QED) is 0.274. The van der Waals surface area contributed by atoms with Crippen LogP contribution in [0.4, 0.5) is 5.69 Å². The number of imidazole rings is 1. The van der Waals surface area contributed by atoms with Crippen LogP contribution in [0.5, 0.6) is 5.75 Å². The molecule has 7 rings (SSSR count). The van der Waals surface area contributed by atoms with Gasteiger partial charge in [-0.1, -0.05) is 12.1 Å². The van der Waals surface area contributed by atoms with Gasteiger partial charge in [0.15, 0.2) is 0 Å². The fraction of sp³-hybridized carbons (Fsp3) is 0.394. The van der Waals surface area contributed by atoms with Crippen LogP contribution >= 0.6 is 0 Å². The van der Waals surface area contributed by atoms with E-state index >= 15 is 0 Å². The SMILES string of the molecule is Cc1nn(Cc2cccc(C3CC3)n2)c2cccc(NC(=O)c3cnc4cc(OCCN5CCN(C)[C@H](C)C5)ccn34)c12. The van der Waals surface area contributed by atoms with Crippen LogP contribution in [0.2, 0.25) is 0 Å². The van der Waals surface area contributed by atoms with Gasteiger partial charge in [-0.2, -0.15) is 5.10 Å². The summed E-state index contributed by atoms with van der Waals surface area (Å²) in [4.78, 5) is 27.7. The average Bonchev–Trinajstić information content (AvgIpc) is 3.70. The highest BCUT2D eigenvalue weighted by Gasteiger charge is 2.25. The first kappa shape index (κ1) is 27.5. The summed E-state index contributed by atoms with van der Waals surface area (Å²) >= 11 is 0. The van der Waals surface area contributed by atoms with Crippen molar-refractivity contribution in [3.63, 3.8) is 0 Å². The lowest BCUT2D eigenvalue weighted by molar-refractivity contribution is 0.0928. The van der Waals surface area contributed by atoms with Crippen molar-refractivity contribution in [3.05, 3.63) is 83.7 Å². The third-order valence-electron chi connectivity index (χ3n) is 8.77. The van der Waals surface area contributed by atoms with Crippen LogP contribution in [0.3, 0.4) is 0 Å². The van der Waals surface area contributed by atoms with E-state index in [1.165, 1.54) is 18.5 Å². The van der Waals surface area contributed by atoms with Crippen molar-refractivity contribution in [2.45, 2.75) is 45.2 Å². The maximum Gasteiger partial charge on any atom is 0.274 e. The minimum absolute atomic E-state index is 0.233. The third kappa shape index (κ3) is 5.72. The molecule has 5 aromatic rings. The number of nitrogens with zero attached hydrogens (tertiary/aromatic N) is 7. The minimum atomic E-state index is -0.233. The molecule has 2 fully saturated rings. The zero-order valence-corrected chi connectivity index (χ0v) is 25.0. The van der Waals surface area contributed by atoms with Gasteiger partial charge in [-0.25, -0.2) is 4.98 Å². The molecule has 1 amide bonds. The maximum atomic E-state index is 13.5. The Kier molecular flexibility index (Phi) is 7.32. The number of nitrogens with one attached hydrogen (secondary N) is 1. The van der Waals surface area contributed by atoms with Gasteiger partial charge in [-0.15, -0.1) is 0 Å². The molecule has 0 bridgehead atoms. The summed E-state index contributed by atoms with van der Waals surface area (Å²) < 4.78 is 9.81. The van der Waals surface area contributed by atoms with Crippen LogP contribution in [-0.4, -0.2) is 85.7 Å². The van der Waals surface area contributed by atoms with E-state index in [9.17, 15) is 4.79 Å². The van der Waals surface area contributed by atoms with E-state index < -0.39 is 0 Å². The number of rotatable bonds is 9. The highest BCUT2D eigenvalue weighted by atomic mass is 16.5. The summed E-state index contributed by atoms with van der Waals surface area (Å²) in [6.07, 6.45) is 5.90. The number of amides is 1. The third-order valence-corrected chi connectivity index (χ3v) is 8.77. The predicted octanol–water partition coefficient (Wildman–Crippen LogP) is 4.58. The Balaban J connectivity index is 1.04. The van der Waals surface area contributed by atoms with E-state index in [1.807, 2.05) is 48.1 Å². The second kappa shape index (κ2) is 11.4. The number of piperazine rings is 1. The maximum absolute atomic E-state index is 13.5. The van der Waals surface area contributed by atoms with Gasteiger partial charge in [0.05, 0.1) is 35.3 Å². The largest absolute Gasteiger partial charge is 0.492 e. The highest BCUT2D eigenvalue weighted by Crippen LogP contribution is 2.39. The van der Waals surface area contributed by atoms with Crippen LogP contribution < -0.4 is 10.1 Å². The van der Waals surface area contributed by atoms with E-state index in [0.717, 1.165) is 59.9 Å². The summed E-state index contributed by atoms with van der Waals surface area (Å²) in [5.41, 5.74) is 5.82. The Morgan fingerprint density at radius 2 is 1.98 bits per heavy atom. The molecule has 0 spiro atoms. The van der Waals surface area contributed by atoms with Crippen molar-refractivity contribution in [2.24, 2.45) is 0 Å². The second-order valence-electron chi connectivity index (χ2n) is 11.9. The zero-order chi connectivity index (χ0) is 29.5. The number of fused-ring (bicyclic) bond motifs is 2. The molecule has 1 N–H and O–H groups in total. The number of pyridine rings is 2. The van der Waals surface area contributed by atoms with E-state index in [1.54, 1.807) is 10.6 Å². The Hall–Kier alpha value is -4.28. The minimum Gasteiger partial charge on any atom is -0.492 e. The van der Waals surface area contributed by atoms with Crippen molar-refractivity contribution >= 4 is 28.1 Å². The molecule has 43 heavy (non-hydrogen) atoms. The molecule has 222 valence electrons. The Morgan fingerprint density at radius 1 is 1.12 bits per heavy atom. The lowest BCUT2D eigenvalue weighted by Crippen LogP contribution is -2.50. The van der Waals surface area contributed by atoms with Crippen molar-refractivity contribution < 1.29 is 9.53 Å². The summed E-state index contributed by atoms with van der Waals surface area (Å²) in [5.74, 6) is 1.12. The van der Waals surface area contributed by atoms with Crippen molar-refractivity contribution in [1.82, 2.24) is 33.9 Å². The molecule has 2 aliphatic rings. The number of aryl methyl sites for hydroxylation is 1. The molecule has 0 unspecified atom stereocenters. The molecular weight excluding hydrogens is 540 g/mol. The van der Waals surface area contributed by atoms with Crippen molar-refractivity contribution in [1.29, 1.82) is 0 Å². The summed E-state index contributed by atoms with van der Waals surface area (Å²) in [6, 6.07) is 16.5. The lowest BCUT2D eigenvalue weighted by atomic mass is 10.1. The molecule has 1 saturated carbocycles. The zero-order valence-electron chi connectivity index (χ0n) is 25.0. The molecule has 1 aliphatic heterocycles. The molecule has 5 heterocycles. The number of aromatic nitrogens is 5. The number of carbonyl (C=O) groups is 1. The van der Waals surface area contributed by atoms with Gasteiger partial charge < -0.3 is 15.0 Å².